The molecule has 0 bridgehead atoms. The summed E-state index contributed by atoms with van der Waals surface area (Å²) >= 11 is 0. The number of hydrogen-bond acceptors (Lipinski definition) is 1. The third kappa shape index (κ3) is 4.06. The summed E-state index contributed by atoms with van der Waals surface area (Å²) < 4.78 is 0. The summed E-state index contributed by atoms with van der Waals surface area (Å²) in [6.07, 6.45) is 0. The van der Waals surface area contributed by atoms with Crippen LogP contribution in [-0.4, -0.2) is 30.5 Å². The molecule has 1 unspecified atom stereocenters. The van der Waals surface area contributed by atoms with Crippen LogP contribution in [0.4, 0.5) is 0 Å². The lowest BCUT2D eigenvalue weighted by molar-refractivity contribution is 0.457. The molecule has 18 heavy (non-hydrogen) atoms. The topological polar surface area (TPSA) is 41.6 Å². The van der Waals surface area contributed by atoms with E-state index in [1.807, 2.05) is 0 Å². The third-order valence-electron chi connectivity index (χ3n) is 3.23. The fourth-order valence-corrected chi connectivity index (χ4v) is 1.96. The number of guanidine groups is 1. The summed E-state index contributed by atoms with van der Waals surface area (Å²) in [5.41, 5.74) is 8.59. The van der Waals surface area contributed by atoms with E-state index in [-0.39, 0.29) is 0 Å². The van der Waals surface area contributed by atoms with Gasteiger partial charge in [0.2, 0.25) is 0 Å². The maximum absolute atomic E-state index is 5.97. The van der Waals surface area contributed by atoms with Crippen molar-refractivity contribution in [2.45, 2.75) is 33.6 Å². The molecule has 0 saturated heterocycles. The van der Waals surface area contributed by atoms with E-state index in [0.717, 1.165) is 19.6 Å². The number of nitrogens with two attached hydrogens (primary N) is 1. The molecule has 0 radical (unpaired) electrons. The van der Waals surface area contributed by atoms with Crippen LogP contribution in [0.2, 0.25) is 0 Å². The molecule has 0 aromatic heterocycles. The molecular weight excluding hydrogens is 222 g/mol. The molecule has 0 fully saturated rings. The van der Waals surface area contributed by atoms with Gasteiger partial charge < -0.3 is 10.6 Å². The average Bonchev–Trinajstić information content (AvgIpc) is 2.37. The lowest BCUT2D eigenvalue weighted by Crippen LogP contribution is -2.37. The van der Waals surface area contributed by atoms with E-state index in [9.17, 15) is 0 Å². The molecule has 1 rings (SSSR count). The number of hydrogen-bond donors (Lipinski definition) is 1. The normalized spacial score (nSPS) is 13.4. The van der Waals surface area contributed by atoms with Crippen LogP contribution in [0, 0.1) is 6.92 Å². The van der Waals surface area contributed by atoms with Crippen molar-refractivity contribution in [3.05, 3.63) is 35.4 Å². The van der Waals surface area contributed by atoms with Gasteiger partial charge in [-0.05, 0) is 26.3 Å². The number of aliphatic imine (C=N–C) groups is 1. The minimum Gasteiger partial charge on any atom is -0.370 e. The maximum atomic E-state index is 5.97. The van der Waals surface area contributed by atoms with Gasteiger partial charge in [-0.2, -0.15) is 0 Å². The zero-order valence-electron chi connectivity index (χ0n) is 12.0. The van der Waals surface area contributed by atoms with Crippen LogP contribution >= 0.6 is 0 Å². The second-order valence-electron chi connectivity index (χ2n) is 4.69. The highest BCUT2D eigenvalue weighted by atomic mass is 15.2. The van der Waals surface area contributed by atoms with Crippen LogP contribution in [-0.2, 0) is 0 Å². The Labute approximate surface area is 111 Å². The van der Waals surface area contributed by atoms with E-state index in [1.54, 1.807) is 0 Å². The highest BCUT2D eigenvalue weighted by Gasteiger charge is 2.07. The van der Waals surface area contributed by atoms with Crippen molar-refractivity contribution in [2.75, 3.05) is 19.6 Å². The summed E-state index contributed by atoms with van der Waals surface area (Å²) in [6.45, 7) is 11.0. The molecule has 0 spiro atoms. The fourth-order valence-electron chi connectivity index (χ4n) is 1.96. The largest absolute Gasteiger partial charge is 0.370 e. The van der Waals surface area contributed by atoms with E-state index in [0.29, 0.717) is 11.9 Å². The van der Waals surface area contributed by atoms with Gasteiger partial charge >= 0.3 is 0 Å². The van der Waals surface area contributed by atoms with Crippen LogP contribution in [0.3, 0.4) is 0 Å². The Morgan fingerprint density at radius 2 is 2.00 bits per heavy atom. The van der Waals surface area contributed by atoms with Gasteiger partial charge in [-0.25, -0.2) is 0 Å². The van der Waals surface area contributed by atoms with Crippen molar-refractivity contribution in [1.82, 2.24) is 4.90 Å². The Kier molecular flexibility index (Phi) is 5.69. The van der Waals surface area contributed by atoms with E-state index >= 15 is 0 Å². The predicted octanol–water partition coefficient (Wildman–Crippen LogP) is 2.76. The monoisotopic (exact) mass is 247 g/mol. The van der Waals surface area contributed by atoms with Crippen molar-refractivity contribution in [2.24, 2.45) is 10.7 Å². The van der Waals surface area contributed by atoms with Crippen LogP contribution in [0.5, 0.6) is 0 Å². The zero-order valence-corrected chi connectivity index (χ0v) is 12.0. The molecule has 100 valence electrons. The SMILES string of the molecule is CCN(CC)C(N)=NCC(C)c1cccc(C)c1. The van der Waals surface area contributed by atoms with Crippen LogP contribution < -0.4 is 5.73 Å². The first-order valence-electron chi connectivity index (χ1n) is 6.69. The summed E-state index contributed by atoms with van der Waals surface area (Å²) in [6, 6.07) is 8.58. The first-order valence-corrected chi connectivity index (χ1v) is 6.69. The van der Waals surface area contributed by atoms with Gasteiger partial charge in [-0.1, -0.05) is 36.8 Å². The second-order valence-corrected chi connectivity index (χ2v) is 4.69. The van der Waals surface area contributed by atoms with E-state index in [4.69, 9.17) is 5.73 Å². The average molecular weight is 247 g/mol. The summed E-state index contributed by atoms with van der Waals surface area (Å²) in [4.78, 5) is 6.56. The van der Waals surface area contributed by atoms with Crippen molar-refractivity contribution in [1.29, 1.82) is 0 Å². The van der Waals surface area contributed by atoms with E-state index < -0.39 is 0 Å². The Morgan fingerprint density at radius 3 is 2.56 bits per heavy atom. The smallest absolute Gasteiger partial charge is 0.191 e. The van der Waals surface area contributed by atoms with Gasteiger partial charge in [0.1, 0.15) is 0 Å². The molecule has 0 aliphatic heterocycles. The Balaban J connectivity index is 2.65. The minimum atomic E-state index is 0.402. The highest BCUT2D eigenvalue weighted by Crippen LogP contribution is 2.16. The first-order chi connectivity index (χ1) is 8.58. The van der Waals surface area contributed by atoms with Crippen molar-refractivity contribution in [3.8, 4) is 0 Å². The van der Waals surface area contributed by atoms with Gasteiger partial charge in [0.05, 0.1) is 0 Å². The molecule has 1 aromatic carbocycles. The Hall–Kier alpha value is -1.51. The quantitative estimate of drug-likeness (QED) is 0.642. The van der Waals surface area contributed by atoms with Crippen LogP contribution in [0.1, 0.15) is 37.8 Å². The summed E-state index contributed by atoms with van der Waals surface area (Å²) in [5.74, 6) is 1.05. The lowest BCUT2D eigenvalue weighted by atomic mass is 10.00. The van der Waals surface area contributed by atoms with Crippen LogP contribution in [0.15, 0.2) is 29.3 Å². The molecule has 2 N–H and O–H groups in total. The molecule has 0 aliphatic carbocycles. The number of nitrogens with zero attached hydrogens (tertiary/aromatic N) is 2. The predicted molar refractivity (Wildman–Crippen MR) is 79.0 cm³/mol. The third-order valence-corrected chi connectivity index (χ3v) is 3.23. The molecule has 0 amide bonds. The van der Waals surface area contributed by atoms with Crippen molar-refractivity contribution < 1.29 is 0 Å². The first kappa shape index (κ1) is 14.6. The highest BCUT2D eigenvalue weighted by molar-refractivity contribution is 5.78. The maximum Gasteiger partial charge on any atom is 0.191 e. The molecule has 3 heteroatoms. The zero-order chi connectivity index (χ0) is 13.5. The second kappa shape index (κ2) is 7.04. The van der Waals surface area contributed by atoms with E-state index in [2.05, 4.69) is 61.9 Å². The fraction of sp³-hybridized carbons (Fsp3) is 0.533. The van der Waals surface area contributed by atoms with Crippen molar-refractivity contribution in [3.63, 3.8) is 0 Å². The summed E-state index contributed by atoms with van der Waals surface area (Å²) in [7, 11) is 0. The molecule has 0 heterocycles. The molecular formula is C15H25N3. The van der Waals surface area contributed by atoms with Gasteiger partial charge in [0.15, 0.2) is 5.96 Å². The molecule has 0 saturated carbocycles. The number of benzene rings is 1. The number of rotatable bonds is 5. The molecule has 1 atom stereocenters. The lowest BCUT2D eigenvalue weighted by Gasteiger charge is -2.20. The van der Waals surface area contributed by atoms with Crippen LogP contribution in [0.25, 0.3) is 0 Å². The standard InChI is InChI=1S/C15H25N3/c1-5-18(6-2)15(16)17-11-13(4)14-9-7-8-12(3)10-14/h7-10,13H,5-6,11H2,1-4H3,(H2,16,17). The Bertz CT molecular complexity index is 394. The van der Waals surface area contributed by atoms with Gasteiger partial charge in [0.25, 0.3) is 0 Å². The molecule has 3 nitrogen and oxygen atoms in total. The Morgan fingerprint density at radius 1 is 1.33 bits per heavy atom. The number of aryl methyl sites for hydroxylation is 1. The van der Waals surface area contributed by atoms with Gasteiger partial charge in [-0.15, -0.1) is 0 Å². The molecule has 0 aliphatic rings. The minimum absolute atomic E-state index is 0.402. The summed E-state index contributed by atoms with van der Waals surface area (Å²) in [5, 5.41) is 0. The van der Waals surface area contributed by atoms with E-state index in [1.165, 1.54) is 11.1 Å². The van der Waals surface area contributed by atoms with Gasteiger partial charge in [-0.3, -0.25) is 4.99 Å². The van der Waals surface area contributed by atoms with Gasteiger partial charge in [0, 0.05) is 25.6 Å². The molecule has 1 aromatic rings. The van der Waals surface area contributed by atoms with Crippen molar-refractivity contribution >= 4 is 5.96 Å².